The first-order valence-corrected chi connectivity index (χ1v) is 11.5. The molecule has 1 N–H and O–H groups in total. The number of hydrazone groups is 1. The standard InChI is InChI=1S/C25H22BrClN2O6/c1-15(34-20-6-4-5-19(27)13-20)24(30)29-28-14-17-11-18(26)8-10-21(17)35-25(31)16-7-9-22(32-2)23(12-16)33-3/h4-15H,1-3H3,(H,29,30). The zero-order chi connectivity index (χ0) is 25.4. The predicted molar refractivity (Wildman–Crippen MR) is 136 cm³/mol. The highest BCUT2D eigenvalue weighted by Crippen LogP contribution is 2.29. The first kappa shape index (κ1) is 26.1. The second kappa shape index (κ2) is 12.2. The van der Waals surface area contributed by atoms with E-state index in [0.717, 1.165) is 4.47 Å². The van der Waals surface area contributed by atoms with Gasteiger partial charge in [0, 0.05) is 15.1 Å². The number of ether oxygens (including phenoxy) is 4. The van der Waals surface area contributed by atoms with Crippen LogP contribution in [-0.4, -0.2) is 38.4 Å². The van der Waals surface area contributed by atoms with Crippen LogP contribution in [0.5, 0.6) is 23.0 Å². The molecular formula is C25H22BrClN2O6. The lowest BCUT2D eigenvalue weighted by Gasteiger charge is -2.13. The summed E-state index contributed by atoms with van der Waals surface area (Å²) in [5.41, 5.74) is 3.14. The third kappa shape index (κ3) is 7.21. The monoisotopic (exact) mass is 560 g/mol. The van der Waals surface area contributed by atoms with Gasteiger partial charge < -0.3 is 18.9 Å². The van der Waals surface area contributed by atoms with Gasteiger partial charge in [0.25, 0.3) is 5.91 Å². The molecule has 0 saturated heterocycles. The van der Waals surface area contributed by atoms with Gasteiger partial charge in [-0.2, -0.15) is 5.10 Å². The second-order valence-electron chi connectivity index (χ2n) is 7.09. The molecule has 0 aliphatic rings. The first-order chi connectivity index (χ1) is 16.8. The van der Waals surface area contributed by atoms with E-state index in [-0.39, 0.29) is 11.3 Å². The van der Waals surface area contributed by atoms with E-state index < -0.39 is 18.0 Å². The first-order valence-electron chi connectivity index (χ1n) is 10.3. The molecule has 0 aromatic heterocycles. The number of hydrogen-bond donors (Lipinski definition) is 1. The Morgan fingerprint density at radius 3 is 2.46 bits per heavy atom. The number of nitrogens with zero attached hydrogens (tertiary/aromatic N) is 1. The third-order valence-corrected chi connectivity index (χ3v) is 5.38. The number of nitrogens with one attached hydrogen (secondary N) is 1. The zero-order valence-electron chi connectivity index (χ0n) is 19.1. The summed E-state index contributed by atoms with van der Waals surface area (Å²) in [6, 6.07) is 16.4. The number of benzene rings is 3. The van der Waals surface area contributed by atoms with E-state index in [9.17, 15) is 9.59 Å². The second-order valence-corrected chi connectivity index (χ2v) is 8.45. The Kier molecular flexibility index (Phi) is 9.11. The van der Waals surface area contributed by atoms with Crippen molar-refractivity contribution in [2.75, 3.05) is 14.2 Å². The Hall–Kier alpha value is -3.56. The molecule has 0 heterocycles. The Bertz CT molecular complexity index is 1250. The lowest BCUT2D eigenvalue weighted by atomic mass is 10.2. The molecule has 0 bridgehead atoms. The van der Waals surface area contributed by atoms with Crippen molar-refractivity contribution in [2.24, 2.45) is 5.10 Å². The maximum Gasteiger partial charge on any atom is 0.343 e. The molecule has 1 amide bonds. The van der Waals surface area contributed by atoms with Crippen LogP contribution in [0.1, 0.15) is 22.8 Å². The van der Waals surface area contributed by atoms with E-state index in [0.29, 0.717) is 27.8 Å². The lowest BCUT2D eigenvalue weighted by Crippen LogP contribution is -2.33. The molecule has 0 fully saturated rings. The minimum atomic E-state index is -0.824. The van der Waals surface area contributed by atoms with Crippen LogP contribution in [0.25, 0.3) is 0 Å². The fourth-order valence-electron chi connectivity index (χ4n) is 2.89. The van der Waals surface area contributed by atoms with Gasteiger partial charge in [-0.05, 0) is 61.5 Å². The number of amides is 1. The molecule has 0 radical (unpaired) electrons. The normalized spacial score (nSPS) is 11.6. The van der Waals surface area contributed by atoms with Crippen LogP contribution in [0.15, 0.2) is 70.2 Å². The molecule has 0 spiro atoms. The molecule has 3 aromatic rings. The largest absolute Gasteiger partial charge is 0.493 e. The van der Waals surface area contributed by atoms with Crippen LogP contribution in [0.4, 0.5) is 0 Å². The highest BCUT2D eigenvalue weighted by molar-refractivity contribution is 9.10. The molecule has 0 aliphatic heterocycles. The van der Waals surface area contributed by atoms with Gasteiger partial charge in [-0.25, -0.2) is 10.2 Å². The summed E-state index contributed by atoms with van der Waals surface area (Å²) >= 11 is 9.31. The topological polar surface area (TPSA) is 95.5 Å². The third-order valence-electron chi connectivity index (χ3n) is 4.65. The minimum Gasteiger partial charge on any atom is -0.493 e. The maximum atomic E-state index is 12.7. The zero-order valence-corrected chi connectivity index (χ0v) is 21.4. The summed E-state index contributed by atoms with van der Waals surface area (Å²) in [4.78, 5) is 25.1. The molecule has 0 saturated carbocycles. The molecule has 0 aliphatic carbocycles. The van der Waals surface area contributed by atoms with Crippen LogP contribution >= 0.6 is 27.5 Å². The number of halogens is 2. The van der Waals surface area contributed by atoms with Crippen molar-refractivity contribution in [2.45, 2.75) is 13.0 Å². The molecule has 182 valence electrons. The van der Waals surface area contributed by atoms with Gasteiger partial charge in [-0.1, -0.05) is 33.6 Å². The number of hydrogen-bond acceptors (Lipinski definition) is 7. The van der Waals surface area contributed by atoms with Crippen molar-refractivity contribution in [1.82, 2.24) is 5.43 Å². The molecule has 1 unspecified atom stereocenters. The summed E-state index contributed by atoms with van der Waals surface area (Å²) in [6.45, 7) is 1.58. The predicted octanol–water partition coefficient (Wildman–Crippen LogP) is 5.26. The van der Waals surface area contributed by atoms with Crippen molar-refractivity contribution in [1.29, 1.82) is 0 Å². The molecule has 3 rings (SSSR count). The Morgan fingerprint density at radius 2 is 1.74 bits per heavy atom. The van der Waals surface area contributed by atoms with Gasteiger partial charge in [-0.15, -0.1) is 0 Å². The fraction of sp³-hybridized carbons (Fsp3) is 0.160. The lowest BCUT2D eigenvalue weighted by molar-refractivity contribution is -0.127. The highest BCUT2D eigenvalue weighted by atomic mass is 79.9. The van der Waals surface area contributed by atoms with Gasteiger partial charge in [0.15, 0.2) is 17.6 Å². The van der Waals surface area contributed by atoms with E-state index in [1.165, 1.54) is 26.5 Å². The van der Waals surface area contributed by atoms with Gasteiger partial charge in [-0.3, -0.25) is 4.79 Å². The average Bonchev–Trinajstić information content (AvgIpc) is 2.84. The Labute approximate surface area is 215 Å². The molecule has 10 heteroatoms. The van der Waals surface area contributed by atoms with E-state index in [1.54, 1.807) is 61.5 Å². The number of esters is 1. The van der Waals surface area contributed by atoms with Crippen molar-refractivity contribution >= 4 is 45.6 Å². The fourth-order valence-corrected chi connectivity index (χ4v) is 3.45. The van der Waals surface area contributed by atoms with E-state index in [4.69, 9.17) is 30.5 Å². The molecule has 8 nitrogen and oxygen atoms in total. The van der Waals surface area contributed by atoms with Crippen LogP contribution in [0.3, 0.4) is 0 Å². The van der Waals surface area contributed by atoms with Gasteiger partial charge in [0.1, 0.15) is 11.5 Å². The van der Waals surface area contributed by atoms with Crippen molar-refractivity contribution in [3.8, 4) is 23.0 Å². The molecule has 3 aromatic carbocycles. The summed E-state index contributed by atoms with van der Waals surface area (Å²) in [6.07, 6.45) is 0.543. The van der Waals surface area contributed by atoms with Gasteiger partial charge in [0.2, 0.25) is 0 Å². The van der Waals surface area contributed by atoms with E-state index in [2.05, 4.69) is 26.5 Å². The highest BCUT2D eigenvalue weighted by Gasteiger charge is 2.16. The van der Waals surface area contributed by atoms with Crippen molar-refractivity contribution in [3.05, 3.63) is 81.3 Å². The van der Waals surface area contributed by atoms with Gasteiger partial charge in [0.05, 0.1) is 26.0 Å². The summed E-state index contributed by atoms with van der Waals surface area (Å²) in [5.74, 6) is 0.520. The number of rotatable bonds is 9. The van der Waals surface area contributed by atoms with Crippen LogP contribution in [0.2, 0.25) is 5.02 Å². The van der Waals surface area contributed by atoms with Gasteiger partial charge >= 0.3 is 5.97 Å². The van der Waals surface area contributed by atoms with Crippen LogP contribution < -0.4 is 24.4 Å². The number of methoxy groups -OCH3 is 2. The van der Waals surface area contributed by atoms with Crippen LogP contribution in [0, 0.1) is 0 Å². The van der Waals surface area contributed by atoms with E-state index >= 15 is 0 Å². The number of carbonyl (C=O) groups excluding carboxylic acids is 2. The SMILES string of the molecule is COc1ccc(C(=O)Oc2ccc(Br)cc2C=NNC(=O)C(C)Oc2cccc(Cl)c2)cc1OC. The maximum absolute atomic E-state index is 12.7. The van der Waals surface area contributed by atoms with Crippen molar-refractivity contribution in [3.63, 3.8) is 0 Å². The Morgan fingerprint density at radius 1 is 1.00 bits per heavy atom. The van der Waals surface area contributed by atoms with Crippen LogP contribution in [-0.2, 0) is 4.79 Å². The van der Waals surface area contributed by atoms with Crippen molar-refractivity contribution < 1.29 is 28.5 Å². The smallest absolute Gasteiger partial charge is 0.343 e. The number of carbonyl (C=O) groups is 2. The summed E-state index contributed by atoms with van der Waals surface area (Å²) in [5, 5.41) is 4.47. The summed E-state index contributed by atoms with van der Waals surface area (Å²) in [7, 11) is 2.98. The minimum absolute atomic E-state index is 0.245. The van der Waals surface area contributed by atoms with E-state index in [1.807, 2.05) is 0 Å². The Balaban J connectivity index is 1.69. The average molecular weight is 562 g/mol. The quantitative estimate of drug-likeness (QED) is 0.166. The molecular weight excluding hydrogens is 540 g/mol. The summed E-state index contributed by atoms with van der Waals surface area (Å²) < 4.78 is 22.3. The molecule has 35 heavy (non-hydrogen) atoms. The molecule has 1 atom stereocenters.